The van der Waals surface area contributed by atoms with Gasteiger partial charge in [0.05, 0.1) is 23.0 Å². The lowest BCUT2D eigenvalue weighted by Gasteiger charge is -2.09. The number of nitrogens with one attached hydrogen (secondary N) is 3. The van der Waals surface area contributed by atoms with Crippen LogP contribution in [0.25, 0.3) is 33.9 Å². The molecule has 0 fully saturated rings. The molecule has 0 unspecified atom stereocenters. The van der Waals surface area contributed by atoms with Crippen molar-refractivity contribution in [3.05, 3.63) is 84.6 Å². The van der Waals surface area contributed by atoms with Crippen LogP contribution in [0, 0.1) is 0 Å². The van der Waals surface area contributed by atoms with Crippen molar-refractivity contribution in [2.45, 2.75) is 6.18 Å². The summed E-state index contributed by atoms with van der Waals surface area (Å²) in [5, 5.41) is 22.4. The summed E-state index contributed by atoms with van der Waals surface area (Å²) in [6, 6.07) is 18.9. The van der Waals surface area contributed by atoms with Crippen LogP contribution in [0.15, 0.2) is 83.5 Å². The number of hydrogen-bond donors (Lipinski definition) is 3. The summed E-state index contributed by atoms with van der Waals surface area (Å²) in [6.45, 7) is 0. The van der Waals surface area contributed by atoms with Crippen LogP contribution in [0.5, 0.6) is 11.5 Å². The zero-order valence-electron chi connectivity index (χ0n) is 18.7. The van der Waals surface area contributed by atoms with Crippen molar-refractivity contribution in [3.63, 3.8) is 0 Å². The molecule has 0 bridgehead atoms. The number of para-hydroxylation sites is 1. The van der Waals surface area contributed by atoms with Crippen LogP contribution >= 0.6 is 0 Å². The quantitative estimate of drug-likeness (QED) is 0.236. The molecule has 0 aliphatic rings. The molecule has 6 rings (SSSR count). The molecule has 0 aliphatic heterocycles. The van der Waals surface area contributed by atoms with Crippen LogP contribution in [-0.2, 0) is 6.18 Å². The number of fused-ring (bicyclic) bond motifs is 1. The van der Waals surface area contributed by atoms with E-state index in [1.807, 2.05) is 24.3 Å². The third-order valence-corrected chi connectivity index (χ3v) is 5.53. The van der Waals surface area contributed by atoms with Gasteiger partial charge in [-0.1, -0.05) is 17.3 Å². The van der Waals surface area contributed by atoms with E-state index in [-0.39, 0.29) is 11.6 Å². The Morgan fingerprint density at radius 2 is 1.59 bits per heavy atom. The van der Waals surface area contributed by atoms with E-state index in [0.29, 0.717) is 34.3 Å². The van der Waals surface area contributed by atoms with E-state index >= 15 is 0 Å². The van der Waals surface area contributed by atoms with Gasteiger partial charge in [0, 0.05) is 10.9 Å². The number of aromatic amines is 2. The summed E-state index contributed by atoms with van der Waals surface area (Å²) in [7, 11) is 0. The second-order valence-corrected chi connectivity index (χ2v) is 7.97. The molecule has 0 spiro atoms. The third kappa shape index (κ3) is 4.47. The van der Waals surface area contributed by atoms with Crippen molar-refractivity contribution in [3.8, 4) is 34.5 Å². The lowest BCUT2D eigenvalue weighted by atomic mass is 10.2. The van der Waals surface area contributed by atoms with Gasteiger partial charge >= 0.3 is 6.18 Å². The van der Waals surface area contributed by atoms with Crippen LogP contribution in [-0.4, -0.2) is 30.5 Å². The predicted molar refractivity (Wildman–Crippen MR) is 128 cm³/mol. The van der Waals surface area contributed by atoms with Gasteiger partial charge in [0.2, 0.25) is 5.82 Å². The molecule has 9 nitrogen and oxygen atoms in total. The molecule has 0 saturated carbocycles. The van der Waals surface area contributed by atoms with E-state index in [1.165, 1.54) is 12.1 Å². The molecule has 0 radical (unpaired) electrons. The molecule has 3 aromatic heterocycles. The Hall–Kier alpha value is -5.13. The number of nitrogens with zero attached hydrogens (tertiary/aromatic N) is 4. The minimum absolute atomic E-state index is 0.222. The first-order chi connectivity index (χ1) is 17.9. The number of aromatic nitrogens is 6. The van der Waals surface area contributed by atoms with Gasteiger partial charge in [-0.3, -0.25) is 10.2 Å². The summed E-state index contributed by atoms with van der Waals surface area (Å²) in [5.74, 6) is 1.91. The SMILES string of the molecule is FC(F)(F)c1ccc(Oc2ccc(-c3noc(-c4[nH]ncc4Nc4n[nH]c5ccccc45)n3)cc2)cc1. The van der Waals surface area contributed by atoms with Gasteiger partial charge in [0.15, 0.2) is 5.82 Å². The minimum atomic E-state index is -4.40. The summed E-state index contributed by atoms with van der Waals surface area (Å²) in [4.78, 5) is 4.46. The molecule has 37 heavy (non-hydrogen) atoms. The fraction of sp³-hybridized carbons (Fsp3) is 0.0400. The Morgan fingerprint density at radius 3 is 2.35 bits per heavy atom. The predicted octanol–water partition coefficient (Wildman–Crippen LogP) is 6.56. The molecule has 6 aromatic rings. The van der Waals surface area contributed by atoms with E-state index in [1.54, 1.807) is 30.5 Å². The fourth-order valence-corrected chi connectivity index (χ4v) is 3.69. The molecule has 184 valence electrons. The van der Waals surface area contributed by atoms with Gasteiger partial charge < -0.3 is 14.6 Å². The zero-order valence-corrected chi connectivity index (χ0v) is 18.7. The second-order valence-electron chi connectivity index (χ2n) is 7.97. The van der Waals surface area contributed by atoms with E-state index in [0.717, 1.165) is 23.0 Å². The molecule has 0 saturated heterocycles. The normalized spacial score (nSPS) is 11.6. The van der Waals surface area contributed by atoms with Crippen LogP contribution in [0.2, 0.25) is 0 Å². The Kier molecular flexibility index (Phi) is 5.33. The Bertz CT molecular complexity index is 1670. The zero-order chi connectivity index (χ0) is 25.4. The van der Waals surface area contributed by atoms with Gasteiger partial charge in [-0.15, -0.1) is 0 Å². The van der Waals surface area contributed by atoms with Crippen LogP contribution < -0.4 is 10.1 Å². The number of alkyl halides is 3. The van der Waals surface area contributed by atoms with Crippen molar-refractivity contribution in [1.29, 1.82) is 0 Å². The maximum atomic E-state index is 12.7. The lowest BCUT2D eigenvalue weighted by Crippen LogP contribution is -2.03. The van der Waals surface area contributed by atoms with Gasteiger partial charge in [-0.2, -0.15) is 28.4 Å². The van der Waals surface area contributed by atoms with E-state index in [4.69, 9.17) is 9.26 Å². The summed E-state index contributed by atoms with van der Waals surface area (Å²) in [6.07, 6.45) is -2.81. The molecule has 0 amide bonds. The Labute approximate surface area is 206 Å². The van der Waals surface area contributed by atoms with E-state index in [9.17, 15) is 13.2 Å². The highest BCUT2D eigenvalue weighted by Gasteiger charge is 2.30. The number of hydrogen-bond acceptors (Lipinski definition) is 7. The highest BCUT2D eigenvalue weighted by Crippen LogP contribution is 2.33. The topological polar surface area (TPSA) is 118 Å². The van der Waals surface area contributed by atoms with Crippen molar-refractivity contribution >= 4 is 22.4 Å². The number of rotatable bonds is 6. The lowest BCUT2D eigenvalue weighted by molar-refractivity contribution is -0.137. The minimum Gasteiger partial charge on any atom is -0.457 e. The molecule has 0 aliphatic carbocycles. The number of anilines is 2. The molecule has 3 heterocycles. The Morgan fingerprint density at radius 1 is 0.865 bits per heavy atom. The molecule has 0 atom stereocenters. The van der Waals surface area contributed by atoms with Crippen molar-refractivity contribution in [2.75, 3.05) is 5.32 Å². The van der Waals surface area contributed by atoms with Crippen molar-refractivity contribution < 1.29 is 22.4 Å². The number of benzene rings is 3. The number of H-pyrrole nitrogens is 2. The second kappa shape index (κ2) is 8.82. The molecular formula is C25H16F3N7O2. The van der Waals surface area contributed by atoms with Gasteiger partial charge in [0.1, 0.15) is 17.2 Å². The molecule has 3 aromatic carbocycles. The van der Waals surface area contributed by atoms with Gasteiger partial charge in [-0.05, 0) is 60.7 Å². The first-order valence-corrected chi connectivity index (χ1v) is 11.0. The average molecular weight is 503 g/mol. The average Bonchev–Trinajstić information content (AvgIpc) is 3.65. The van der Waals surface area contributed by atoms with Crippen LogP contribution in [0.3, 0.4) is 0 Å². The Balaban J connectivity index is 1.18. The highest BCUT2D eigenvalue weighted by molar-refractivity contribution is 5.92. The van der Waals surface area contributed by atoms with Crippen LogP contribution in [0.4, 0.5) is 24.7 Å². The summed E-state index contributed by atoms with van der Waals surface area (Å²) >= 11 is 0. The maximum absolute atomic E-state index is 12.7. The largest absolute Gasteiger partial charge is 0.457 e. The number of halogens is 3. The van der Waals surface area contributed by atoms with Gasteiger partial charge in [-0.25, -0.2) is 0 Å². The van der Waals surface area contributed by atoms with Crippen molar-refractivity contribution in [1.82, 2.24) is 30.5 Å². The molecular weight excluding hydrogens is 487 g/mol. The monoisotopic (exact) mass is 503 g/mol. The number of ether oxygens (including phenoxy) is 1. The summed E-state index contributed by atoms with van der Waals surface area (Å²) in [5.41, 5.74) is 1.90. The van der Waals surface area contributed by atoms with Crippen LogP contribution in [0.1, 0.15) is 5.56 Å². The smallest absolute Gasteiger partial charge is 0.416 e. The summed E-state index contributed by atoms with van der Waals surface area (Å²) < 4.78 is 49.3. The van der Waals surface area contributed by atoms with E-state index in [2.05, 4.69) is 35.9 Å². The third-order valence-electron chi connectivity index (χ3n) is 5.53. The molecule has 12 heteroatoms. The first kappa shape index (κ1) is 22.3. The van der Waals surface area contributed by atoms with Crippen molar-refractivity contribution in [2.24, 2.45) is 0 Å². The van der Waals surface area contributed by atoms with Gasteiger partial charge in [0.25, 0.3) is 5.89 Å². The fourth-order valence-electron chi connectivity index (χ4n) is 3.69. The highest BCUT2D eigenvalue weighted by atomic mass is 19.4. The maximum Gasteiger partial charge on any atom is 0.416 e. The standard InChI is InChI=1S/C25H16F3N7O2/c26-25(27,28)15-7-11-17(12-8-15)36-16-9-5-14(6-10-16)22-31-24(37-35-22)21-20(13-29-33-21)30-23-18-3-1-2-4-19(18)32-34-23/h1-13H,(H,29,33)(H2,30,32,34). The first-order valence-electron chi connectivity index (χ1n) is 11.0. The molecule has 3 N–H and O–H groups in total. The van der Waals surface area contributed by atoms with E-state index < -0.39 is 11.7 Å².